The lowest BCUT2D eigenvalue weighted by atomic mass is 9.72. The zero-order chi connectivity index (χ0) is 19.6. The monoisotopic (exact) mass is 350 g/mol. The van der Waals surface area contributed by atoms with E-state index in [1.54, 1.807) is 13.0 Å². The molecule has 0 aromatic heterocycles. The van der Waals surface area contributed by atoms with E-state index in [0.717, 1.165) is 11.9 Å². The van der Waals surface area contributed by atoms with Crippen molar-refractivity contribution in [3.05, 3.63) is 82.5 Å². The van der Waals surface area contributed by atoms with Gasteiger partial charge in [0.1, 0.15) is 6.29 Å². The molecule has 0 N–H and O–H groups in total. The number of carbonyl (C=O) groups excluding carboxylic acids is 1. The summed E-state index contributed by atoms with van der Waals surface area (Å²) >= 11 is 0. The molecule has 0 unspecified atom stereocenters. The maximum absolute atomic E-state index is 10.5. The quantitative estimate of drug-likeness (QED) is 0.269. The molecule has 1 aliphatic carbocycles. The second-order valence-electron chi connectivity index (χ2n) is 7.86. The van der Waals surface area contributed by atoms with Gasteiger partial charge in [0.05, 0.1) is 0 Å². The van der Waals surface area contributed by atoms with Gasteiger partial charge >= 0.3 is 0 Å². The molecule has 0 aromatic carbocycles. The summed E-state index contributed by atoms with van der Waals surface area (Å²) in [6.07, 6.45) is 23.2. The maximum atomic E-state index is 10.5. The minimum Gasteiger partial charge on any atom is -0.298 e. The molecule has 0 bridgehead atoms. The van der Waals surface area contributed by atoms with Crippen LogP contribution in [0.2, 0.25) is 0 Å². The average Bonchev–Trinajstić information content (AvgIpc) is 2.57. The molecule has 0 aromatic rings. The predicted molar refractivity (Wildman–Crippen MR) is 115 cm³/mol. The van der Waals surface area contributed by atoms with E-state index < -0.39 is 0 Å². The summed E-state index contributed by atoms with van der Waals surface area (Å²) in [5, 5.41) is 0. The highest BCUT2D eigenvalue weighted by Gasteiger charge is 2.26. The summed E-state index contributed by atoms with van der Waals surface area (Å²) in [7, 11) is 0. The molecule has 26 heavy (non-hydrogen) atoms. The fourth-order valence-electron chi connectivity index (χ4n) is 3.14. The van der Waals surface area contributed by atoms with E-state index in [1.165, 1.54) is 41.6 Å². The maximum Gasteiger partial charge on any atom is 0.145 e. The van der Waals surface area contributed by atoms with Gasteiger partial charge in [0.15, 0.2) is 0 Å². The van der Waals surface area contributed by atoms with Crippen LogP contribution in [0, 0.1) is 5.41 Å². The van der Waals surface area contributed by atoms with Crippen LogP contribution in [-0.2, 0) is 4.79 Å². The molecule has 0 atom stereocenters. The first kappa shape index (κ1) is 21.9. The van der Waals surface area contributed by atoms with E-state index in [0.29, 0.717) is 0 Å². The summed E-state index contributed by atoms with van der Waals surface area (Å²) in [5.41, 5.74) is 6.46. The van der Waals surface area contributed by atoms with E-state index in [1.807, 2.05) is 18.2 Å². The van der Waals surface area contributed by atoms with Crippen LogP contribution in [0.5, 0.6) is 0 Å². The predicted octanol–water partition coefficient (Wildman–Crippen LogP) is 7.22. The number of aldehydes is 1. The lowest BCUT2D eigenvalue weighted by Crippen LogP contribution is -2.19. The van der Waals surface area contributed by atoms with Crippen LogP contribution in [0.3, 0.4) is 0 Å². The van der Waals surface area contributed by atoms with Crippen molar-refractivity contribution in [2.75, 3.05) is 0 Å². The fraction of sp³-hybridized carbons (Fsp3) is 0.400. The topological polar surface area (TPSA) is 17.1 Å². The van der Waals surface area contributed by atoms with Gasteiger partial charge in [0.2, 0.25) is 0 Å². The third kappa shape index (κ3) is 7.82. The van der Waals surface area contributed by atoms with E-state index in [-0.39, 0.29) is 5.41 Å². The van der Waals surface area contributed by atoms with Crippen LogP contribution in [0.25, 0.3) is 0 Å². The van der Waals surface area contributed by atoms with Gasteiger partial charge in [-0.15, -0.1) is 0 Å². The number of rotatable bonds is 7. The molecule has 0 spiro atoms. The molecule has 0 fully saturated rings. The Labute approximate surface area is 160 Å². The molecule has 0 radical (unpaired) electrons. The van der Waals surface area contributed by atoms with Crippen LogP contribution >= 0.6 is 0 Å². The molecular weight excluding hydrogens is 316 g/mol. The van der Waals surface area contributed by atoms with E-state index >= 15 is 0 Å². The first-order valence-corrected chi connectivity index (χ1v) is 9.46. The number of hydrogen-bond donors (Lipinski definition) is 0. The van der Waals surface area contributed by atoms with Gasteiger partial charge in [-0.05, 0) is 63.5 Å². The molecule has 1 nitrogen and oxygen atoms in total. The van der Waals surface area contributed by atoms with E-state index in [9.17, 15) is 4.79 Å². The lowest BCUT2D eigenvalue weighted by Gasteiger charge is -2.32. The molecule has 1 rings (SSSR count). The van der Waals surface area contributed by atoms with Gasteiger partial charge in [-0.25, -0.2) is 0 Å². The van der Waals surface area contributed by atoms with Crippen molar-refractivity contribution in [2.45, 2.75) is 60.8 Å². The van der Waals surface area contributed by atoms with Crippen LogP contribution < -0.4 is 0 Å². The van der Waals surface area contributed by atoms with E-state index in [2.05, 4.69) is 65.0 Å². The summed E-state index contributed by atoms with van der Waals surface area (Å²) in [4.78, 5) is 10.5. The first-order chi connectivity index (χ1) is 12.3. The Morgan fingerprint density at radius 2 is 1.46 bits per heavy atom. The molecule has 1 aliphatic rings. The SMILES string of the molecule is CC1=C(/C=C/C(C)=C/C=C/C(C)=C/C=C/C=C(\C)C=O)C(C)(C)CCC1. The molecular formula is C25H34O. The summed E-state index contributed by atoms with van der Waals surface area (Å²) in [6, 6.07) is 0. The summed E-state index contributed by atoms with van der Waals surface area (Å²) < 4.78 is 0. The van der Waals surface area contributed by atoms with Crippen LogP contribution in [0.1, 0.15) is 60.8 Å². The van der Waals surface area contributed by atoms with Crippen molar-refractivity contribution in [1.82, 2.24) is 0 Å². The van der Waals surface area contributed by atoms with Crippen LogP contribution in [-0.4, -0.2) is 6.29 Å². The van der Waals surface area contributed by atoms with Crippen LogP contribution in [0.4, 0.5) is 0 Å². The summed E-state index contributed by atoms with van der Waals surface area (Å²) in [6.45, 7) is 13.0. The Morgan fingerprint density at radius 3 is 2.08 bits per heavy atom. The average molecular weight is 351 g/mol. The molecule has 0 saturated heterocycles. The third-order valence-electron chi connectivity index (χ3n) is 4.79. The minimum atomic E-state index is 0.289. The van der Waals surface area contributed by atoms with Crippen molar-refractivity contribution in [1.29, 1.82) is 0 Å². The van der Waals surface area contributed by atoms with Crippen LogP contribution in [0.15, 0.2) is 82.5 Å². The first-order valence-electron chi connectivity index (χ1n) is 9.46. The highest BCUT2D eigenvalue weighted by atomic mass is 16.1. The zero-order valence-corrected chi connectivity index (χ0v) is 17.3. The van der Waals surface area contributed by atoms with Crippen molar-refractivity contribution in [3.8, 4) is 0 Å². The summed E-state index contributed by atoms with van der Waals surface area (Å²) in [5.74, 6) is 0. The van der Waals surface area contributed by atoms with Crippen molar-refractivity contribution < 1.29 is 4.79 Å². The Bertz CT molecular complexity index is 700. The molecule has 0 amide bonds. The Hall–Kier alpha value is -2.15. The van der Waals surface area contributed by atoms with Gasteiger partial charge in [-0.2, -0.15) is 0 Å². The molecule has 0 heterocycles. The van der Waals surface area contributed by atoms with Gasteiger partial charge in [0, 0.05) is 0 Å². The smallest absolute Gasteiger partial charge is 0.145 e. The number of carbonyl (C=O) groups is 1. The minimum absolute atomic E-state index is 0.289. The normalized spacial score (nSPS) is 20.0. The molecule has 0 saturated carbocycles. The van der Waals surface area contributed by atoms with Crippen molar-refractivity contribution >= 4 is 6.29 Å². The number of hydrogen-bond acceptors (Lipinski definition) is 1. The van der Waals surface area contributed by atoms with Gasteiger partial charge in [-0.3, -0.25) is 4.79 Å². The van der Waals surface area contributed by atoms with Crippen molar-refractivity contribution in [3.63, 3.8) is 0 Å². The standard InChI is InChI=1S/C25H34O/c1-20(11-7-8-12-22(3)19-26)13-9-14-21(2)16-17-24-23(4)15-10-18-25(24,5)6/h7-9,11-14,16-17,19H,10,15,18H2,1-6H3/b8-7+,13-9+,17-16+,20-11+,21-14+,22-12+. The third-order valence-corrected chi connectivity index (χ3v) is 4.79. The zero-order valence-electron chi connectivity index (χ0n) is 17.3. The van der Waals surface area contributed by atoms with Gasteiger partial charge in [0.25, 0.3) is 0 Å². The second-order valence-corrected chi connectivity index (χ2v) is 7.86. The second kappa shape index (κ2) is 10.8. The Morgan fingerprint density at radius 1 is 0.885 bits per heavy atom. The fourth-order valence-corrected chi connectivity index (χ4v) is 3.14. The Kier molecular flexibility index (Phi) is 9.05. The molecule has 140 valence electrons. The van der Waals surface area contributed by atoms with Gasteiger partial charge < -0.3 is 0 Å². The van der Waals surface area contributed by atoms with Gasteiger partial charge in [-0.1, -0.05) is 85.3 Å². The van der Waals surface area contributed by atoms with E-state index in [4.69, 9.17) is 0 Å². The Balaban J connectivity index is 2.70. The number of allylic oxidation sites excluding steroid dienone is 14. The largest absolute Gasteiger partial charge is 0.298 e. The molecule has 0 aliphatic heterocycles. The highest BCUT2D eigenvalue weighted by Crippen LogP contribution is 2.40. The highest BCUT2D eigenvalue weighted by molar-refractivity contribution is 5.72. The lowest BCUT2D eigenvalue weighted by molar-refractivity contribution is -0.104. The molecule has 1 heteroatoms. The van der Waals surface area contributed by atoms with Crippen molar-refractivity contribution in [2.24, 2.45) is 5.41 Å².